The highest BCUT2D eigenvalue weighted by molar-refractivity contribution is 5.80. The molecule has 3 aromatic rings. The SMILES string of the molecule is c1cc2cc(OCc3noc(C4CC4)n3)ccc2[nH]1. The van der Waals surface area contributed by atoms with Crippen molar-refractivity contribution in [3.8, 4) is 5.75 Å². The molecule has 0 amide bonds. The normalized spacial score (nSPS) is 14.9. The summed E-state index contributed by atoms with van der Waals surface area (Å²) in [6.45, 7) is 0.339. The molecule has 1 aliphatic carbocycles. The number of fused-ring (bicyclic) bond motifs is 1. The van der Waals surface area contributed by atoms with Gasteiger partial charge in [-0.05, 0) is 37.1 Å². The summed E-state index contributed by atoms with van der Waals surface area (Å²) >= 11 is 0. The van der Waals surface area contributed by atoms with Gasteiger partial charge in [0.25, 0.3) is 0 Å². The molecular weight excluding hydrogens is 242 g/mol. The number of aromatic nitrogens is 3. The fourth-order valence-electron chi connectivity index (χ4n) is 2.09. The first-order valence-corrected chi connectivity index (χ1v) is 6.41. The summed E-state index contributed by atoms with van der Waals surface area (Å²) in [5.41, 5.74) is 1.10. The van der Waals surface area contributed by atoms with Gasteiger partial charge < -0.3 is 14.2 Å². The topological polar surface area (TPSA) is 63.9 Å². The predicted molar refractivity (Wildman–Crippen MR) is 68.9 cm³/mol. The van der Waals surface area contributed by atoms with Crippen LogP contribution in [0.2, 0.25) is 0 Å². The van der Waals surface area contributed by atoms with Crippen LogP contribution in [0.3, 0.4) is 0 Å². The fourth-order valence-corrected chi connectivity index (χ4v) is 2.09. The van der Waals surface area contributed by atoms with Crippen molar-refractivity contribution < 1.29 is 9.26 Å². The molecule has 0 bridgehead atoms. The second-order valence-corrected chi connectivity index (χ2v) is 4.84. The van der Waals surface area contributed by atoms with E-state index in [1.165, 1.54) is 0 Å². The first-order chi connectivity index (χ1) is 9.38. The molecule has 19 heavy (non-hydrogen) atoms. The number of aromatic amines is 1. The van der Waals surface area contributed by atoms with Crippen LogP contribution in [0.25, 0.3) is 10.9 Å². The summed E-state index contributed by atoms with van der Waals surface area (Å²) in [6, 6.07) is 7.94. The number of benzene rings is 1. The summed E-state index contributed by atoms with van der Waals surface area (Å²) < 4.78 is 10.9. The van der Waals surface area contributed by atoms with Gasteiger partial charge >= 0.3 is 0 Å². The van der Waals surface area contributed by atoms with Gasteiger partial charge in [-0.1, -0.05) is 5.16 Å². The smallest absolute Gasteiger partial charge is 0.229 e. The number of nitrogens with zero attached hydrogens (tertiary/aromatic N) is 2. The lowest BCUT2D eigenvalue weighted by atomic mass is 10.2. The van der Waals surface area contributed by atoms with E-state index >= 15 is 0 Å². The molecule has 1 N–H and O–H groups in total. The second kappa shape index (κ2) is 4.12. The van der Waals surface area contributed by atoms with Crippen molar-refractivity contribution in [2.75, 3.05) is 0 Å². The molecule has 1 saturated carbocycles. The Balaban J connectivity index is 1.47. The molecule has 2 heterocycles. The molecule has 0 radical (unpaired) electrons. The zero-order chi connectivity index (χ0) is 12.7. The summed E-state index contributed by atoms with van der Waals surface area (Å²) in [5.74, 6) is 2.65. The van der Waals surface area contributed by atoms with Crippen molar-refractivity contribution in [3.05, 3.63) is 42.2 Å². The first-order valence-electron chi connectivity index (χ1n) is 6.41. The third-order valence-corrected chi connectivity index (χ3v) is 3.30. The van der Waals surface area contributed by atoms with Crippen molar-refractivity contribution in [3.63, 3.8) is 0 Å². The van der Waals surface area contributed by atoms with Gasteiger partial charge in [-0.15, -0.1) is 0 Å². The largest absolute Gasteiger partial charge is 0.485 e. The van der Waals surface area contributed by atoms with Crippen LogP contribution in [-0.2, 0) is 6.61 Å². The summed E-state index contributed by atoms with van der Waals surface area (Å²) in [7, 11) is 0. The Bertz CT molecular complexity index is 712. The molecule has 0 aliphatic heterocycles. The van der Waals surface area contributed by atoms with Crippen LogP contribution in [0.15, 0.2) is 35.0 Å². The Morgan fingerprint density at radius 3 is 3.16 bits per heavy atom. The fraction of sp³-hybridized carbons (Fsp3) is 0.286. The highest BCUT2D eigenvalue weighted by Crippen LogP contribution is 2.38. The molecule has 5 nitrogen and oxygen atoms in total. The maximum Gasteiger partial charge on any atom is 0.229 e. The summed E-state index contributed by atoms with van der Waals surface area (Å²) in [6.07, 6.45) is 4.23. The Morgan fingerprint density at radius 2 is 2.26 bits per heavy atom. The van der Waals surface area contributed by atoms with E-state index in [0.717, 1.165) is 35.4 Å². The molecular formula is C14H13N3O2. The first kappa shape index (κ1) is 10.6. The molecule has 1 aliphatic rings. The number of ether oxygens (including phenoxy) is 1. The number of hydrogen-bond donors (Lipinski definition) is 1. The van der Waals surface area contributed by atoms with Crippen molar-refractivity contribution in [2.24, 2.45) is 0 Å². The van der Waals surface area contributed by atoms with Gasteiger partial charge in [-0.3, -0.25) is 0 Å². The molecule has 1 aromatic carbocycles. The van der Waals surface area contributed by atoms with E-state index in [-0.39, 0.29) is 0 Å². The average Bonchev–Trinajstić information content (AvgIpc) is 3.01. The highest BCUT2D eigenvalue weighted by atomic mass is 16.5. The monoisotopic (exact) mass is 255 g/mol. The Hall–Kier alpha value is -2.30. The van der Waals surface area contributed by atoms with E-state index < -0.39 is 0 Å². The predicted octanol–water partition coefficient (Wildman–Crippen LogP) is 3.01. The maximum atomic E-state index is 5.68. The van der Waals surface area contributed by atoms with Gasteiger partial charge in [0.15, 0.2) is 6.61 Å². The number of hydrogen-bond acceptors (Lipinski definition) is 4. The lowest BCUT2D eigenvalue weighted by Gasteiger charge is -2.02. The van der Waals surface area contributed by atoms with Crippen molar-refractivity contribution in [1.82, 2.24) is 15.1 Å². The van der Waals surface area contributed by atoms with Crippen LogP contribution < -0.4 is 4.74 Å². The Morgan fingerprint density at radius 1 is 1.32 bits per heavy atom. The van der Waals surface area contributed by atoms with Crippen molar-refractivity contribution in [2.45, 2.75) is 25.4 Å². The summed E-state index contributed by atoms with van der Waals surface area (Å²) in [5, 5.41) is 5.06. The van der Waals surface area contributed by atoms with Crippen LogP contribution in [-0.4, -0.2) is 15.1 Å². The van der Waals surface area contributed by atoms with Crippen LogP contribution in [0.5, 0.6) is 5.75 Å². The van der Waals surface area contributed by atoms with Gasteiger partial charge in [0.2, 0.25) is 11.7 Å². The molecule has 5 heteroatoms. The van der Waals surface area contributed by atoms with Crippen LogP contribution in [0.4, 0.5) is 0 Å². The third kappa shape index (κ3) is 2.07. The van der Waals surface area contributed by atoms with Gasteiger partial charge in [-0.25, -0.2) is 0 Å². The van der Waals surface area contributed by atoms with Crippen LogP contribution in [0.1, 0.15) is 30.5 Å². The van der Waals surface area contributed by atoms with E-state index in [1.54, 1.807) is 0 Å². The van der Waals surface area contributed by atoms with Crippen molar-refractivity contribution in [1.29, 1.82) is 0 Å². The number of H-pyrrole nitrogens is 1. The number of rotatable bonds is 4. The molecule has 4 rings (SSSR count). The van der Waals surface area contributed by atoms with Gasteiger partial charge in [0.1, 0.15) is 5.75 Å². The molecule has 0 atom stereocenters. The molecule has 0 spiro atoms. The van der Waals surface area contributed by atoms with Crippen LogP contribution >= 0.6 is 0 Å². The molecule has 0 unspecified atom stereocenters. The zero-order valence-electron chi connectivity index (χ0n) is 10.3. The Labute approximate surface area is 109 Å². The van der Waals surface area contributed by atoms with E-state index in [2.05, 4.69) is 15.1 Å². The van der Waals surface area contributed by atoms with E-state index in [0.29, 0.717) is 18.3 Å². The van der Waals surface area contributed by atoms with Gasteiger partial charge in [0, 0.05) is 23.0 Å². The van der Waals surface area contributed by atoms with Gasteiger partial charge in [0.05, 0.1) is 0 Å². The minimum atomic E-state index is 0.339. The Kier molecular flexibility index (Phi) is 2.30. The minimum Gasteiger partial charge on any atom is -0.485 e. The molecule has 0 saturated heterocycles. The standard InChI is InChI=1S/C14H13N3O2/c1-2-9(1)14-16-13(17-19-14)8-18-11-3-4-12-10(7-11)5-6-15-12/h3-7,9,15H,1-2,8H2. The number of nitrogens with one attached hydrogen (secondary N) is 1. The van der Waals surface area contributed by atoms with Crippen molar-refractivity contribution >= 4 is 10.9 Å². The second-order valence-electron chi connectivity index (χ2n) is 4.84. The van der Waals surface area contributed by atoms with E-state index in [9.17, 15) is 0 Å². The van der Waals surface area contributed by atoms with Crippen LogP contribution in [0, 0.1) is 0 Å². The summed E-state index contributed by atoms with van der Waals surface area (Å²) in [4.78, 5) is 7.48. The lowest BCUT2D eigenvalue weighted by molar-refractivity contribution is 0.285. The van der Waals surface area contributed by atoms with E-state index in [1.807, 2.05) is 30.5 Å². The quantitative estimate of drug-likeness (QED) is 0.778. The highest BCUT2D eigenvalue weighted by Gasteiger charge is 2.29. The third-order valence-electron chi connectivity index (χ3n) is 3.30. The maximum absolute atomic E-state index is 5.68. The molecule has 1 fully saturated rings. The molecule has 96 valence electrons. The zero-order valence-corrected chi connectivity index (χ0v) is 10.3. The average molecular weight is 255 g/mol. The minimum absolute atomic E-state index is 0.339. The molecule has 2 aromatic heterocycles. The lowest BCUT2D eigenvalue weighted by Crippen LogP contribution is -1.97. The van der Waals surface area contributed by atoms with E-state index in [4.69, 9.17) is 9.26 Å². The van der Waals surface area contributed by atoms with Gasteiger partial charge in [-0.2, -0.15) is 4.98 Å².